The van der Waals surface area contributed by atoms with E-state index in [1.54, 1.807) is 0 Å². The van der Waals surface area contributed by atoms with Gasteiger partial charge in [-0.2, -0.15) is 0 Å². The maximum atomic E-state index is 0. The molecule has 0 rings (SSSR count). The average Bonchev–Trinajstić information content (AvgIpc) is 0. The van der Waals surface area contributed by atoms with Crippen molar-refractivity contribution in [1.82, 2.24) is 0 Å². The summed E-state index contributed by atoms with van der Waals surface area (Å²) in [4.78, 5) is 0. The molecule has 0 fully saturated rings. The second kappa shape index (κ2) is 281. The molecule has 0 aromatic carbocycles. The molecule has 0 radical (unpaired) electrons. The summed E-state index contributed by atoms with van der Waals surface area (Å²) < 4.78 is 0. The van der Waals surface area contributed by atoms with E-state index in [2.05, 4.69) is 0 Å². The van der Waals surface area contributed by atoms with Crippen LogP contribution in [-0.2, 0) is 86.9 Å². The Bertz CT molecular complexity index is 11.0. The Morgan fingerprint density at radius 2 is 0.167 bits per heavy atom. The van der Waals surface area contributed by atoms with E-state index in [9.17, 15) is 0 Å². The van der Waals surface area contributed by atoms with Gasteiger partial charge in [0, 0.05) is 0 Å². The summed E-state index contributed by atoms with van der Waals surface area (Å²) >= 11 is 0. The molecule has 0 amide bonds. The van der Waals surface area contributed by atoms with Gasteiger partial charge in [-0.05, 0) is 0 Å². The van der Waals surface area contributed by atoms with E-state index in [-0.39, 0.29) is 146 Å². The zero-order valence-electron chi connectivity index (χ0n) is 10.0. The molecule has 0 aliphatic carbocycles. The quantitative estimate of drug-likeness (QED) is 0.474. The van der Waals surface area contributed by atoms with Crippen molar-refractivity contribution in [3.63, 3.8) is 0 Å². The van der Waals surface area contributed by atoms with Crippen LogP contribution < -0.4 is 0 Å². The third-order valence-electron chi connectivity index (χ3n) is 0. The van der Waals surface area contributed by atoms with Gasteiger partial charge in [-0.15, -0.1) is 0 Å². The topological polar surface area (TPSA) is 0 Å². The van der Waals surface area contributed by atoms with Crippen molar-refractivity contribution in [2.45, 2.75) is 0 Å². The van der Waals surface area contributed by atoms with Gasteiger partial charge in [0.1, 0.15) is 0 Å². The second-order valence-corrected chi connectivity index (χ2v) is 0. The first-order valence-electron chi connectivity index (χ1n) is 0. The van der Waals surface area contributed by atoms with E-state index in [4.69, 9.17) is 0 Å². The molecule has 0 aromatic rings. The zero-order chi connectivity index (χ0) is 0. The monoisotopic (exact) mass is 312 g/mol. The van der Waals surface area contributed by atoms with Crippen LogP contribution in [0, 0.1) is 59.4 Å². The van der Waals surface area contributed by atoms with Crippen molar-refractivity contribution < 1.29 is 86.9 Å². The summed E-state index contributed by atoms with van der Waals surface area (Å²) in [5.41, 5.74) is 0. The minimum atomic E-state index is 0. The van der Waals surface area contributed by atoms with E-state index in [0.29, 0.717) is 0 Å². The van der Waals surface area contributed by atoms with Gasteiger partial charge in [0.15, 0.2) is 0 Å². The minimum absolute atomic E-state index is 0. The molecule has 0 bridgehead atoms. The first-order valence-corrected chi connectivity index (χ1v) is 0. The molecule has 0 N–H and O–H groups in total. The van der Waals surface area contributed by atoms with Crippen LogP contribution in [0.15, 0.2) is 0 Å². The number of hydrogen-bond donors (Lipinski definition) is 0. The Hall–Kier alpha value is 2.86. The van der Waals surface area contributed by atoms with E-state index in [0.717, 1.165) is 0 Å². The van der Waals surface area contributed by atoms with Crippen molar-refractivity contribution in [2.75, 3.05) is 0 Å². The average molecular weight is 312 g/mol. The Labute approximate surface area is 144 Å². The van der Waals surface area contributed by atoms with Crippen LogP contribution in [0.4, 0.5) is 0 Å². The van der Waals surface area contributed by atoms with E-state index in [1.165, 1.54) is 0 Å². The first kappa shape index (κ1) is 349. The van der Waals surface area contributed by atoms with Crippen molar-refractivity contribution in [3.05, 3.63) is 59.4 Å². The third-order valence-corrected chi connectivity index (χ3v) is 0. The van der Waals surface area contributed by atoms with Gasteiger partial charge in [0.2, 0.25) is 0 Å². The molecule has 0 nitrogen and oxygen atoms in total. The van der Waals surface area contributed by atoms with Gasteiger partial charge >= 0.3 is 86.9 Å². The normalized spacial score (nSPS) is 0. The van der Waals surface area contributed by atoms with Crippen molar-refractivity contribution >= 4 is 0 Å². The molecular formula is C8H24Ti4. The Morgan fingerprint density at radius 1 is 0.167 bits per heavy atom. The predicted octanol–water partition coefficient (Wildman–Crippen LogP) is 3.59. The molecule has 0 saturated carbocycles. The van der Waals surface area contributed by atoms with E-state index < -0.39 is 0 Å². The summed E-state index contributed by atoms with van der Waals surface area (Å²) in [5.74, 6) is 0. The summed E-state index contributed by atoms with van der Waals surface area (Å²) in [7, 11) is 0. The molecule has 0 aliphatic rings. The van der Waals surface area contributed by atoms with Gasteiger partial charge in [0.05, 0.1) is 0 Å². The summed E-state index contributed by atoms with van der Waals surface area (Å²) in [5, 5.41) is 0. The maximum Gasteiger partial charge on any atom is 2.00 e. The smallest absolute Gasteiger partial charge is 0.358 e. The van der Waals surface area contributed by atoms with E-state index in [1.807, 2.05) is 0 Å². The van der Waals surface area contributed by atoms with Gasteiger partial charge in [-0.25, -0.2) is 0 Å². The summed E-state index contributed by atoms with van der Waals surface area (Å²) in [6.45, 7) is 0. The fraction of sp³-hybridized carbons (Fsp3) is 0. The fourth-order valence-corrected chi connectivity index (χ4v) is 0. The maximum absolute atomic E-state index is 0. The Morgan fingerprint density at radius 3 is 0.167 bits per heavy atom. The standard InChI is InChI=1S/8CH3.4Ti/h8*1H3;;;;/q8*-1;4*+2. The fourth-order valence-electron chi connectivity index (χ4n) is 0. The van der Waals surface area contributed by atoms with Crippen LogP contribution in [0.3, 0.4) is 0 Å². The third kappa shape index (κ3) is 221. The van der Waals surface area contributed by atoms with Crippen LogP contribution in [0.1, 0.15) is 0 Å². The molecule has 0 aliphatic heterocycles. The Balaban J connectivity index is 0. The van der Waals surface area contributed by atoms with Crippen LogP contribution in [-0.4, -0.2) is 0 Å². The van der Waals surface area contributed by atoms with Crippen molar-refractivity contribution in [1.29, 1.82) is 0 Å². The molecule has 0 atom stereocenters. The van der Waals surface area contributed by atoms with Crippen molar-refractivity contribution in [3.8, 4) is 0 Å². The predicted molar refractivity (Wildman–Crippen MR) is 51.3 cm³/mol. The van der Waals surface area contributed by atoms with Gasteiger partial charge in [-0.3, -0.25) is 0 Å². The van der Waals surface area contributed by atoms with Crippen LogP contribution in [0.5, 0.6) is 0 Å². The number of rotatable bonds is 0. The van der Waals surface area contributed by atoms with E-state index >= 15 is 0 Å². The summed E-state index contributed by atoms with van der Waals surface area (Å²) in [6, 6.07) is 0. The largest absolute Gasteiger partial charge is 2.00 e. The zero-order valence-corrected chi connectivity index (χ0v) is 16.2. The SMILES string of the molecule is [CH3-].[CH3-].[CH3-].[CH3-].[CH3-].[CH3-].[CH3-].[CH3-].[Ti+2].[Ti+2].[Ti+2].[Ti+2]. The second-order valence-electron chi connectivity index (χ2n) is 0. The first-order chi connectivity index (χ1) is 0. The molecular weight excluding hydrogens is 288 g/mol. The molecule has 72 valence electrons. The van der Waals surface area contributed by atoms with Crippen molar-refractivity contribution in [2.24, 2.45) is 0 Å². The molecule has 0 aromatic heterocycles. The molecule has 0 saturated heterocycles. The molecule has 0 unspecified atom stereocenters. The molecule has 0 spiro atoms. The van der Waals surface area contributed by atoms with Gasteiger partial charge in [-0.1, -0.05) is 0 Å². The van der Waals surface area contributed by atoms with Crippen LogP contribution in [0.2, 0.25) is 0 Å². The van der Waals surface area contributed by atoms with Crippen LogP contribution in [0.25, 0.3) is 0 Å². The van der Waals surface area contributed by atoms with Crippen LogP contribution >= 0.6 is 0 Å². The minimum Gasteiger partial charge on any atom is -0.358 e. The molecule has 12 heavy (non-hydrogen) atoms. The Kier molecular flexibility index (Phi) is 8170. The summed E-state index contributed by atoms with van der Waals surface area (Å²) in [6.07, 6.45) is 0. The van der Waals surface area contributed by atoms with Gasteiger partial charge < -0.3 is 59.4 Å². The molecule has 4 heteroatoms. The van der Waals surface area contributed by atoms with Gasteiger partial charge in [0.25, 0.3) is 0 Å². The molecule has 0 heterocycles. The number of hydrogen-bond acceptors (Lipinski definition) is 0.